The van der Waals surface area contributed by atoms with Gasteiger partial charge in [0.2, 0.25) is 0 Å². The van der Waals surface area contributed by atoms with E-state index in [2.05, 4.69) is 12.1 Å². The number of nitrogens with zero attached hydrogens (tertiary/aromatic N) is 1. The monoisotopic (exact) mass is 313 g/mol. The largest absolute Gasteiger partial charge is 0.341 e. The molecular weight excluding hydrogens is 298 g/mol. The minimum atomic E-state index is -0.367. The van der Waals surface area contributed by atoms with Crippen molar-refractivity contribution in [3.8, 4) is 0 Å². The number of ether oxygens (including phenoxy) is 1. The first-order chi connectivity index (χ1) is 11.8. The number of fused-ring (bicyclic) bond motifs is 5. The molecular formula is C21H15NO2. The van der Waals surface area contributed by atoms with Gasteiger partial charge in [0.05, 0.1) is 5.69 Å². The number of carbonyl (C=O) groups is 1. The van der Waals surface area contributed by atoms with Gasteiger partial charge in [-0.15, -0.1) is 0 Å². The van der Waals surface area contributed by atoms with Crippen molar-refractivity contribution < 1.29 is 9.53 Å². The fourth-order valence-corrected chi connectivity index (χ4v) is 3.67. The van der Waals surface area contributed by atoms with Crippen LogP contribution in [0, 0.1) is 0 Å². The van der Waals surface area contributed by atoms with Gasteiger partial charge in [0.25, 0.3) is 5.91 Å². The van der Waals surface area contributed by atoms with Gasteiger partial charge in [0.1, 0.15) is 6.10 Å². The molecule has 0 aromatic heterocycles. The second-order valence-corrected chi connectivity index (χ2v) is 6.10. The zero-order valence-electron chi connectivity index (χ0n) is 12.9. The third kappa shape index (κ3) is 1.79. The number of para-hydroxylation sites is 1. The Morgan fingerprint density at radius 1 is 0.750 bits per heavy atom. The van der Waals surface area contributed by atoms with Crippen molar-refractivity contribution in [1.82, 2.24) is 0 Å². The first kappa shape index (κ1) is 13.5. The Balaban J connectivity index is 1.72. The molecule has 0 bridgehead atoms. The topological polar surface area (TPSA) is 29.5 Å². The van der Waals surface area contributed by atoms with Gasteiger partial charge in [-0.3, -0.25) is 9.69 Å². The summed E-state index contributed by atoms with van der Waals surface area (Å²) < 4.78 is 6.42. The Bertz CT molecular complexity index is 935. The van der Waals surface area contributed by atoms with Crippen molar-refractivity contribution in [3.63, 3.8) is 0 Å². The molecule has 0 spiro atoms. The summed E-state index contributed by atoms with van der Waals surface area (Å²) in [6, 6.07) is 25.9. The number of carbonyl (C=O) groups excluding carboxylic acids is 1. The van der Waals surface area contributed by atoms with Crippen molar-refractivity contribution in [2.45, 2.75) is 12.3 Å². The summed E-state index contributed by atoms with van der Waals surface area (Å²) in [5.41, 5.74) is 4.73. The molecule has 2 aliphatic rings. The highest BCUT2D eigenvalue weighted by Crippen LogP contribution is 2.49. The van der Waals surface area contributed by atoms with Crippen molar-refractivity contribution in [1.29, 1.82) is 0 Å². The molecule has 2 heterocycles. The van der Waals surface area contributed by atoms with E-state index in [1.165, 1.54) is 0 Å². The normalized spacial score (nSPS) is 21.2. The minimum absolute atomic E-state index is 0.00885. The zero-order valence-corrected chi connectivity index (χ0v) is 12.9. The van der Waals surface area contributed by atoms with Crippen LogP contribution in [0.1, 0.15) is 39.4 Å². The number of hydrogen-bond donors (Lipinski definition) is 0. The van der Waals surface area contributed by atoms with Gasteiger partial charge in [0, 0.05) is 16.7 Å². The Hall–Kier alpha value is -2.91. The molecule has 24 heavy (non-hydrogen) atoms. The van der Waals surface area contributed by atoms with Gasteiger partial charge in [-0.2, -0.15) is 0 Å². The molecule has 0 unspecified atom stereocenters. The summed E-state index contributed by atoms with van der Waals surface area (Å²) in [6.07, 6.45) is -0.545. The van der Waals surface area contributed by atoms with E-state index in [0.29, 0.717) is 0 Å². The molecule has 2 aliphatic heterocycles. The SMILES string of the molecule is O=C1c2ccccc2[C@@H]2O[C@@H](c3ccccc3)c3ccccc3N12. The third-order valence-corrected chi connectivity index (χ3v) is 4.76. The first-order valence-electron chi connectivity index (χ1n) is 8.06. The second kappa shape index (κ2) is 5.05. The highest BCUT2D eigenvalue weighted by atomic mass is 16.5. The van der Waals surface area contributed by atoms with E-state index in [9.17, 15) is 4.79 Å². The van der Waals surface area contributed by atoms with E-state index in [0.717, 1.165) is 27.9 Å². The molecule has 3 aromatic rings. The van der Waals surface area contributed by atoms with Crippen LogP contribution in [0.2, 0.25) is 0 Å². The van der Waals surface area contributed by atoms with Crippen LogP contribution in [0.3, 0.4) is 0 Å². The molecule has 0 fully saturated rings. The number of benzene rings is 3. The zero-order chi connectivity index (χ0) is 16.1. The van der Waals surface area contributed by atoms with E-state index in [1.54, 1.807) is 4.90 Å². The van der Waals surface area contributed by atoms with Crippen LogP contribution in [0.4, 0.5) is 5.69 Å². The average molecular weight is 313 g/mol. The lowest BCUT2D eigenvalue weighted by Gasteiger charge is -2.37. The standard InChI is InChI=1S/C21H15NO2/c23-20-15-10-4-5-11-16(15)21-22(20)18-13-7-6-12-17(18)19(24-21)14-8-2-1-3-9-14/h1-13,19,21H/t19-,21-/m0/s1. The molecule has 0 saturated carbocycles. The van der Waals surface area contributed by atoms with Crippen molar-refractivity contribution in [2.75, 3.05) is 4.90 Å². The first-order valence-corrected chi connectivity index (χ1v) is 8.06. The van der Waals surface area contributed by atoms with Crippen LogP contribution >= 0.6 is 0 Å². The Morgan fingerprint density at radius 3 is 2.25 bits per heavy atom. The predicted octanol–water partition coefficient (Wildman–Crippen LogP) is 4.47. The number of amides is 1. The lowest BCUT2D eigenvalue weighted by molar-refractivity contribution is 0.00114. The third-order valence-electron chi connectivity index (χ3n) is 4.76. The maximum Gasteiger partial charge on any atom is 0.261 e. The fourth-order valence-electron chi connectivity index (χ4n) is 3.67. The summed E-state index contributed by atoms with van der Waals surface area (Å²) in [7, 11) is 0. The van der Waals surface area contributed by atoms with Crippen molar-refractivity contribution >= 4 is 11.6 Å². The van der Waals surface area contributed by atoms with Crippen LogP contribution in [-0.2, 0) is 4.74 Å². The van der Waals surface area contributed by atoms with E-state index in [-0.39, 0.29) is 18.2 Å². The molecule has 3 heteroatoms. The maximum atomic E-state index is 12.9. The van der Waals surface area contributed by atoms with Gasteiger partial charge in [-0.25, -0.2) is 0 Å². The quantitative estimate of drug-likeness (QED) is 0.663. The van der Waals surface area contributed by atoms with Gasteiger partial charge >= 0.3 is 0 Å². The van der Waals surface area contributed by atoms with Gasteiger partial charge in [-0.1, -0.05) is 66.7 Å². The van der Waals surface area contributed by atoms with Gasteiger partial charge < -0.3 is 4.74 Å². The van der Waals surface area contributed by atoms with Crippen molar-refractivity contribution in [3.05, 3.63) is 101 Å². The number of hydrogen-bond acceptors (Lipinski definition) is 2. The molecule has 2 atom stereocenters. The lowest BCUT2D eigenvalue weighted by atomic mass is 9.97. The maximum absolute atomic E-state index is 12.9. The molecule has 0 aliphatic carbocycles. The molecule has 5 rings (SSSR count). The van der Waals surface area contributed by atoms with E-state index in [1.807, 2.05) is 66.7 Å². The molecule has 3 nitrogen and oxygen atoms in total. The predicted molar refractivity (Wildman–Crippen MR) is 91.8 cm³/mol. The molecule has 3 aromatic carbocycles. The summed E-state index contributed by atoms with van der Waals surface area (Å²) in [5.74, 6) is 0.00885. The number of anilines is 1. The Morgan fingerprint density at radius 2 is 1.42 bits per heavy atom. The summed E-state index contributed by atoms with van der Waals surface area (Å²) in [5, 5.41) is 0. The molecule has 0 saturated heterocycles. The van der Waals surface area contributed by atoms with Crippen LogP contribution in [0.5, 0.6) is 0 Å². The second-order valence-electron chi connectivity index (χ2n) is 6.10. The van der Waals surface area contributed by atoms with E-state index in [4.69, 9.17) is 4.74 Å². The number of rotatable bonds is 1. The van der Waals surface area contributed by atoms with E-state index < -0.39 is 0 Å². The highest BCUT2D eigenvalue weighted by Gasteiger charge is 2.44. The summed E-state index contributed by atoms with van der Waals surface area (Å²) >= 11 is 0. The van der Waals surface area contributed by atoms with Crippen LogP contribution in [0.25, 0.3) is 0 Å². The minimum Gasteiger partial charge on any atom is -0.341 e. The summed E-state index contributed by atoms with van der Waals surface area (Å²) in [6.45, 7) is 0. The molecule has 0 N–H and O–H groups in total. The van der Waals surface area contributed by atoms with Crippen LogP contribution in [0.15, 0.2) is 78.9 Å². The van der Waals surface area contributed by atoms with Crippen LogP contribution in [-0.4, -0.2) is 5.91 Å². The van der Waals surface area contributed by atoms with Crippen molar-refractivity contribution in [2.24, 2.45) is 0 Å². The summed E-state index contributed by atoms with van der Waals surface area (Å²) in [4.78, 5) is 14.7. The van der Waals surface area contributed by atoms with Gasteiger partial charge in [-0.05, 0) is 17.7 Å². The van der Waals surface area contributed by atoms with E-state index >= 15 is 0 Å². The van der Waals surface area contributed by atoms with Gasteiger partial charge in [0.15, 0.2) is 6.23 Å². The Kier molecular flexibility index (Phi) is 2.84. The molecule has 1 amide bonds. The highest BCUT2D eigenvalue weighted by molar-refractivity contribution is 6.11. The molecule has 0 radical (unpaired) electrons. The smallest absolute Gasteiger partial charge is 0.261 e. The van der Waals surface area contributed by atoms with Crippen LogP contribution < -0.4 is 4.90 Å². The Labute approximate surface area is 140 Å². The lowest BCUT2D eigenvalue weighted by Crippen LogP contribution is -2.35. The average Bonchev–Trinajstić information content (AvgIpc) is 2.95. The molecule has 116 valence electrons. The fraction of sp³-hybridized carbons (Fsp3) is 0.0952.